The Hall–Kier alpha value is -3.02. The molecule has 0 bridgehead atoms. The van der Waals surface area contributed by atoms with Gasteiger partial charge in [0.05, 0.1) is 10.6 Å². The normalized spacial score (nSPS) is 14.2. The highest BCUT2D eigenvalue weighted by atomic mass is 16.6. The van der Waals surface area contributed by atoms with Crippen molar-refractivity contribution in [2.45, 2.75) is 26.7 Å². The number of piperidine rings is 1. The van der Waals surface area contributed by atoms with Gasteiger partial charge in [0, 0.05) is 24.3 Å². The van der Waals surface area contributed by atoms with Gasteiger partial charge in [-0.3, -0.25) is 19.9 Å². The molecule has 0 unspecified atom stereocenters. The summed E-state index contributed by atoms with van der Waals surface area (Å²) in [5, 5.41) is 11.3. The van der Waals surface area contributed by atoms with E-state index < -0.39 is 4.92 Å². The molecule has 0 spiro atoms. The quantitative estimate of drug-likeness (QED) is 0.620. The summed E-state index contributed by atoms with van der Waals surface area (Å²) in [6, 6.07) is 10.8. The lowest BCUT2D eigenvalue weighted by atomic mass is 10.0. The Morgan fingerprint density at radius 1 is 1.15 bits per heavy atom. The fourth-order valence-electron chi connectivity index (χ4n) is 3.24. The summed E-state index contributed by atoms with van der Waals surface area (Å²) >= 11 is 0. The molecule has 1 amide bonds. The molecule has 3 rings (SSSR count). The second kappa shape index (κ2) is 7.47. The van der Waals surface area contributed by atoms with Crippen LogP contribution >= 0.6 is 0 Å². The lowest BCUT2D eigenvalue weighted by molar-refractivity contribution is -0.385. The minimum absolute atomic E-state index is 0.0946. The van der Waals surface area contributed by atoms with Crippen LogP contribution < -0.4 is 0 Å². The van der Waals surface area contributed by atoms with Crippen molar-refractivity contribution in [3.8, 4) is 0 Å². The SMILES string of the molecule is Cc1cccc(C=C2CCN(C(=O)c3cccc(C)c3[N+](=O)[O-])CC2)n1. The van der Waals surface area contributed by atoms with E-state index in [0.29, 0.717) is 18.7 Å². The van der Waals surface area contributed by atoms with Gasteiger partial charge in [0.1, 0.15) is 5.56 Å². The molecular weight excluding hydrogens is 330 g/mol. The highest BCUT2D eigenvalue weighted by molar-refractivity contribution is 5.98. The van der Waals surface area contributed by atoms with Gasteiger partial charge in [-0.15, -0.1) is 0 Å². The van der Waals surface area contributed by atoms with Gasteiger partial charge in [-0.2, -0.15) is 0 Å². The maximum Gasteiger partial charge on any atom is 0.285 e. The molecule has 1 aromatic heterocycles. The molecule has 2 aromatic rings. The van der Waals surface area contributed by atoms with Crippen LogP contribution in [0.5, 0.6) is 0 Å². The smallest absolute Gasteiger partial charge is 0.285 e. The van der Waals surface area contributed by atoms with Crippen LogP contribution in [0.3, 0.4) is 0 Å². The molecule has 1 saturated heterocycles. The van der Waals surface area contributed by atoms with Crippen molar-refractivity contribution >= 4 is 17.7 Å². The predicted molar refractivity (Wildman–Crippen MR) is 99.9 cm³/mol. The first-order chi connectivity index (χ1) is 12.5. The van der Waals surface area contributed by atoms with Gasteiger partial charge >= 0.3 is 0 Å². The van der Waals surface area contributed by atoms with Crippen molar-refractivity contribution in [2.24, 2.45) is 0 Å². The van der Waals surface area contributed by atoms with E-state index in [4.69, 9.17) is 0 Å². The van der Waals surface area contributed by atoms with Gasteiger partial charge in [-0.1, -0.05) is 23.8 Å². The van der Waals surface area contributed by atoms with Crippen LogP contribution in [-0.4, -0.2) is 33.8 Å². The molecule has 6 heteroatoms. The van der Waals surface area contributed by atoms with Crippen molar-refractivity contribution in [3.63, 3.8) is 0 Å². The fourth-order valence-corrected chi connectivity index (χ4v) is 3.24. The Bertz CT molecular complexity index is 880. The first kappa shape index (κ1) is 17.8. The number of carbonyl (C=O) groups is 1. The van der Waals surface area contributed by atoms with Crippen LogP contribution in [-0.2, 0) is 0 Å². The summed E-state index contributed by atoms with van der Waals surface area (Å²) in [5.41, 5.74) is 3.72. The summed E-state index contributed by atoms with van der Waals surface area (Å²) in [6.07, 6.45) is 3.58. The highest BCUT2D eigenvalue weighted by Crippen LogP contribution is 2.27. The van der Waals surface area contributed by atoms with Crippen molar-refractivity contribution in [2.75, 3.05) is 13.1 Å². The lowest BCUT2D eigenvalue weighted by Gasteiger charge is -2.28. The van der Waals surface area contributed by atoms with Crippen LogP contribution in [0.25, 0.3) is 6.08 Å². The molecule has 0 saturated carbocycles. The molecule has 0 atom stereocenters. The Kier molecular flexibility index (Phi) is 5.11. The van der Waals surface area contributed by atoms with Crippen LogP contribution in [0.15, 0.2) is 42.0 Å². The van der Waals surface area contributed by atoms with Crippen LogP contribution in [0.1, 0.15) is 40.2 Å². The average molecular weight is 351 g/mol. The summed E-state index contributed by atoms with van der Waals surface area (Å²) in [6.45, 7) is 4.72. The van der Waals surface area contributed by atoms with Crippen molar-refractivity contribution in [1.29, 1.82) is 0 Å². The number of amides is 1. The standard InChI is InChI=1S/C20H21N3O3/c1-14-5-3-8-18(19(14)23(25)26)20(24)22-11-9-16(10-12-22)13-17-7-4-6-15(2)21-17/h3-8,13H,9-12H2,1-2H3. The van der Waals surface area contributed by atoms with E-state index in [1.807, 2.05) is 25.1 Å². The first-order valence-electron chi connectivity index (χ1n) is 8.62. The van der Waals surface area contributed by atoms with E-state index in [1.54, 1.807) is 24.0 Å². The van der Waals surface area contributed by atoms with E-state index in [-0.39, 0.29) is 17.2 Å². The topological polar surface area (TPSA) is 76.3 Å². The highest BCUT2D eigenvalue weighted by Gasteiger charge is 2.27. The zero-order valence-electron chi connectivity index (χ0n) is 14.9. The molecule has 1 aromatic carbocycles. The summed E-state index contributed by atoms with van der Waals surface area (Å²) in [7, 11) is 0. The molecule has 2 heterocycles. The van der Waals surface area contributed by atoms with Gasteiger partial charge in [-0.25, -0.2) is 0 Å². The first-order valence-corrected chi connectivity index (χ1v) is 8.62. The molecule has 134 valence electrons. The predicted octanol–water partition coefficient (Wildman–Crippen LogP) is 3.93. The van der Waals surface area contributed by atoms with Gasteiger partial charge in [-0.05, 0) is 51.0 Å². The molecule has 0 radical (unpaired) electrons. The van der Waals surface area contributed by atoms with Crippen LogP contribution in [0.4, 0.5) is 5.69 Å². The summed E-state index contributed by atoms with van der Waals surface area (Å²) in [5.74, 6) is -0.270. The number of nitro benzene ring substituents is 1. The van der Waals surface area contributed by atoms with Gasteiger partial charge in [0.2, 0.25) is 0 Å². The van der Waals surface area contributed by atoms with E-state index in [9.17, 15) is 14.9 Å². The van der Waals surface area contributed by atoms with E-state index in [2.05, 4.69) is 11.1 Å². The van der Waals surface area contributed by atoms with Crippen molar-refractivity contribution in [1.82, 2.24) is 9.88 Å². The molecule has 0 aliphatic carbocycles. The molecule has 1 aliphatic heterocycles. The zero-order chi connectivity index (χ0) is 18.7. The van der Waals surface area contributed by atoms with Crippen molar-refractivity contribution < 1.29 is 9.72 Å². The van der Waals surface area contributed by atoms with Gasteiger partial charge < -0.3 is 4.90 Å². The average Bonchev–Trinajstić information content (AvgIpc) is 2.61. The summed E-state index contributed by atoms with van der Waals surface area (Å²) in [4.78, 5) is 29.8. The number of likely N-dealkylation sites (tertiary alicyclic amines) is 1. The molecule has 0 N–H and O–H groups in total. The summed E-state index contributed by atoms with van der Waals surface area (Å²) < 4.78 is 0. The molecule has 6 nitrogen and oxygen atoms in total. The number of benzene rings is 1. The number of hydrogen-bond acceptors (Lipinski definition) is 4. The maximum absolute atomic E-state index is 12.8. The third-order valence-corrected chi connectivity index (χ3v) is 4.61. The minimum atomic E-state index is -0.471. The zero-order valence-corrected chi connectivity index (χ0v) is 14.9. The lowest BCUT2D eigenvalue weighted by Crippen LogP contribution is -2.36. The van der Waals surface area contributed by atoms with E-state index in [1.165, 1.54) is 11.6 Å². The Labute approximate surface area is 152 Å². The fraction of sp³-hybridized carbons (Fsp3) is 0.300. The number of carbonyl (C=O) groups excluding carboxylic acids is 1. The van der Waals surface area contributed by atoms with Crippen molar-refractivity contribution in [3.05, 3.63) is 74.6 Å². The number of para-hydroxylation sites is 1. The number of rotatable bonds is 3. The monoisotopic (exact) mass is 351 g/mol. The Morgan fingerprint density at radius 2 is 1.85 bits per heavy atom. The maximum atomic E-state index is 12.8. The number of aromatic nitrogens is 1. The van der Waals surface area contributed by atoms with Crippen LogP contribution in [0.2, 0.25) is 0 Å². The number of hydrogen-bond donors (Lipinski definition) is 0. The molecule has 1 fully saturated rings. The van der Waals surface area contributed by atoms with Gasteiger partial charge in [0.25, 0.3) is 11.6 Å². The Morgan fingerprint density at radius 3 is 2.50 bits per heavy atom. The van der Waals surface area contributed by atoms with Gasteiger partial charge in [0.15, 0.2) is 0 Å². The number of pyridine rings is 1. The number of nitrogens with zero attached hydrogens (tertiary/aromatic N) is 3. The molecule has 1 aliphatic rings. The Balaban J connectivity index is 1.73. The minimum Gasteiger partial charge on any atom is -0.338 e. The molecule has 26 heavy (non-hydrogen) atoms. The van der Waals surface area contributed by atoms with E-state index >= 15 is 0 Å². The van der Waals surface area contributed by atoms with E-state index in [0.717, 1.165) is 24.2 Å². The van der Waals surface area contributed by atoms with Crippen LogP contribution in [0, 0.1) is 24.0 Å². The largest absolute Gasteiger partial charge is 0.338 e. The molecular formula is C20H21N3O3. The third kappa shape index (κ3) is 3.79. The third-order valence-electron chi connectivity index (χ3n) is 4.61. The number of aryl methyl sites for hydroxylation is 2. The second-order valence-corrected chi connectivity index (χ2v) is 6.53. The number of nitro groups is 1. The second-order valence-electron chi connectivity index (χ2n) is 6.53.